The minimum atomic E-state index is 0.845. The third-order valence-corrected chi connectivity index (χ3v) is 5.19. The highest BCUT2D eigenvalue weighted by molar-refractivity contribution is 14.1. The quantitative estimate of drug-likeness (QED) is 0.775. The van der Waals surface area contributed by atoms with Gasteiger partial charge in [-0.2, -0.15) is 0 Å². The van der Waals surface area contributed by atoms with Gasteiger partial charge in [0.15, 0.2) is 5.82 Å². The molecule has 19 heavy (non-hydrogen) atoms. The number of nitrogens with one attached hydrogen (secondary N) is 1. The summed E-state index contributed by atoms with van der Waals surface area (Å²) in [6.45, 7) is 7.27. The lowest BCUT2D eigenvalue weighted by Gasteiger charge is -2.10. The Hall–Kier alpha value is -0.690. The molecule has 2 aromatic rings. The monoisotopic (exact) mass is 387 g/mol. The van der Waals surface area contributed by atoms with Gasteiger partial charge in [-0.3, -0.25) is 0 Å². The molecule has 0 unspecified atom stereocenters. The van der Waals surface area contributed by atoms with E-state index in [0.717, 1.165) is 45.2 Å². The van der Waals surface area contributed by atoms with Gasteiger partial charge in [0.05, 0.1) is 14.1 Å². The van der Waals surface area contributed by atoms with Crippen LogP contribution in [0.4, 0.5) is 5.82 Å². The van der Waals surface area contributed by atoms with E-state index in [4.69, 9.17) is 4.98 Å². The summed E-state index contributed by atoms with van der Waals surface area (Å²) in [7, 11) is 0. The summed E-state index contributed by atoms with van der Waals surface area (Å²) in [5.41, 5.74) is 1.12. The molecule has 1 N–H and O–H groups in total. The Kier molecular flexibility index (Phi) is 5.15. The SMILES string of the molecule is CCNc1nc(-c2ccc(CC)s2)nc(CC)c1I. The number of rotatable bonds is 5. The first-order valence-electron chi connectivity index (χ1n) is 6.58. The molecule has 2 heterocycles. The van der Waals surface area contributed by atoms with Crippen LogP contribution < -0.4 is 5.32 Å². The zero-order valence-electron chi connectivity index (χ0n) is 11.5. The second-order valence-corrected chi connectivity index (χ2v) is 6.41. The predicted octanol–water partition coefficient (Wildman–Crippen LogP) is 4.37. The van der Waals surface area contributed by atoms with Crippen molar-refractivity contribution in [2.45, 2.75) is 33.6 Å². The van der Waals surface area contributed by atoms with Crippen molar-refractivity contribution in [1.29, 1.82) is 0 Å². The van der Waals surface area contributed by atoms with Crippen LogP contribution in [0.3, 0.4) is 0 Å². The maximum atomic E-state index is 4.70. The second-order valence-electron chi connectivity index (χ2n) is 4.16. The average molecular weight is 387 g/mol. The van der Waals surface area contributed by atoms with Gasteiger partial charge in [-0.15, -0.1) is 11.3 Å². The van der Waals surface area contributed by atoms with Gasteiger partial charge >= 0.3 is 0 Å². The van der Waals surface area contributed by atoms with Crippen LogP contribution in [0, 0.1) is 3.57 Å². The summed E-state index contributed by atoms with van der Waals surface area (Å²) in [5, 5.41) is 3.33. The molecule has 0 aliphatic carbocycles. The van der Waals surface area contributed by atoms with E-state index in [2.05, 4.69) is 65.8 Å². The highest BCUT2D eigenvalue weighted by Gasteiger charge is 2.13. The summed E-state index contributed by atoms with van der Waals surface area (Å²) >= 11 is 4.11. The van der Waals surface area contributed by atoms with Crippen molar-refractivity contribution >= 4 is 39.7 Å². The fourth-order valence-corrected chi connectivity index (χ4v) is 3.51. The van der Waals surface area contributed by atoms with E-state index in [1.807, 2.05) is 0 Å². The first kappa shape index (κ1) is 14.7. The van der Waals surface area contributed by atoms with E-state index < -0.39 is 0 Å². The Morgan fingerprint density at radius 1 is 1.16 bits per heavy atom. The highest BCUT2D eigenvalue weighted by atomic mass is 127. The molecule has 0 aromatic carbocycles. The number of aryl methyl sites for hydroxylation is 2. The van der Waals surface area contributed by atoms with Crippen LogP contribution in [-0.2, 0) is 12.8 Å². The molecule has 0 atom stereocenters. The van der Waals surface area contributed by atoms with Gasteiger partial charge in [-0.05, 0) is 54.5 Å². The van der Waals surface area contributed by atoms with Crippen LogP contribution in [0.5, 0.6) is 0 Å². The van der Waals surface area contributed by atoms with E-state index >= 15 is 0 Å². The average Bonchev–Trinajstić information content (AvgIpc) is 2.90. The minimum absolute atomic E-state index is 0.845. The molecule has 0 amide bonds. The number of hydrogen-bond donors (Lipinski definition) is 1. The molecule has 0 fully saturated rings. The Bertz CT molecular complexity index is 566. The molecule has 0 radical (unpaired) electrons. The molecule has 0 saturated carbocycles. The minimum Gasteiger partial charge on any atom is -0.369 e. The number of aromatic nitrogens is 2. The third-order valence-electron chi connectivity index (χ3n) is 2.83. The van der Waals surface area contributed by atoms with E-state index in [0.29, 0.717) is 0 Å². The molecule has 0 spiro atoms. The zero-order valence-corrected chi connectivity index (χ0v) is 14.4. The molecule has 0 aliphatic heterocycles. The number of nitrogens with zero attached hydrogens (tertiary/aromatic N) is 2. The molecule has 0 saturated heterocycles. The Balaban J connectivity index is 2.47. The predicted molar refractivity (Wildman–Crippen MR) is 91.0 cm³/mol. The van der Waals surface area contributed by atoms with E-state index in [-0.39, 0.29) is 0 Å². The standard InChI is InChI=1S/C14H18IN3S/c1-4-9-7-8-11(19-9)13-17-10(5-2)12(15)14(18-13)16-6-3/h7-8H,4-6H2,1-3H3,(H,16,17,18). The topological polar surface area (TPSA) is 37.8 Å². The molecule has 5 heteroatoms. The van der Waals surface area contributed by atoms with Gasteiger partial charge in [0.1, 0.15) is 5.82 Å². The number of halogens is 1. The van der Waals surface area contributed by atoms with Gasteiger partial charge in [0.25, 0.3) is 0 Å². The molecular weight excluding hydrogens is 369 g/mol. The van der Waals surface area contributed by atoms with E-state index in [9.17, 15) is 0 Å². The lowest BCUT2D eigenvalue weighted by molar-refractivity contribution is 0.985. The normalized spacial score (nSPS) is 10.7. The molecule has 0 bridgehead atoms. The van der Waals surface area contributed by atoms with Gasteiger partial charge < -0.3 is 5.32 Å². The fraction of sp³-hybridized carbons (Fsp3) is 0.429. The fourth-order valence-electron chi connectivity index (χ4n) is 1.81. The summed E-state index contributed by atoms with van der Waals surface area (Å²) in [6.07, 6.45) is 1.99. The smallest absolute Gasteiger partial charge is 0.171 e. The van der Waals surface area contributed by atoms with Gasteiger partial charge in [-0.25, -0.2) is 9.97 Å². The van der Waals surface area contributed by atoms with Crippen molar-refractivity contribution in [3.05, 3.63) is 26.3 Å². The summed E-state index contributed by atoms with van der Waals surface area (Å²) in [5.74, 6) is 1.80. The van der Waals surface area contributed by atoms with E-state index in [1.54, 1.807) is 11.3 Å². The molecule has 0 aliphatic rings. The number of hydrogen-bond acceptors (Lipinski definition) is 4. The summed E-state index contributed by atoms with van der Waals surface area (Å²) in [6, 6.07) is 4.29. The van der Waals surface area contributed by atoms with Crippen LogP contribution in [0.2, 0.25) is 0 Å². The number of anilines is 1. The van der Waals surface area contributed by atoms with Crippen molar-refractivity contribution in [2.24, 2.45) is 0 Å². The maximum absolute atomic E-state index is 4.70. The lowest BCUT2D eigenvalue weighted by Crippen LogP contribution is -2.07. The Morgan fingerprint density at radius 2 is 1.95 bits per heavy atom. The third kappa shape index (κ3) is 3.25. The molecule has 2 rings (SSSR count). The largest absolute Gasteiger partial charge is 0.369 e. The second kappa shape index (κ2) is 6.65. The molecule has 102 valence electrons. The van der Waals surface area contributed by atoms with Gasteiger partial charge in [0.2, 0.25) is 0 Å². The van der Waals surface area contributed by atoms with Crippen LogP contribution >= 0.6 is 33.9 Å². The van der Waals surface area contributed by atoms with Crippen molar-refractivity contribution in [3.63, 3.8) is 0 Å². The summed E-state index contributed by atoms with van der Waals surface area (Å²) < 4.78 is 1.14. The first-order valence-corrected chi connectivity index (χ1v) is 8.48. The highest BCUT2D eigenvalue weighted by Crippen LogP contribution is 2.29. The van der Waals surface area contributed by atoms with Crippen LogP contribution in [0.1, 0.15) is 31.3 Å². The van der Waals surface area contributed by atoms with Crippen molar-refractivity contribution in [3.8, 4) is 10.7 Å². The van der Waals surface area contributed by atoms with Crippen molar-refractivity contribution < 1.29 is 0 Å². The molecular formula is C14H18IN3S. The van der Waals surface area contributed by atoms with Crippen LogP contribution in [0.25, 0.3) is 10.7 Å². The first-order chi connectivity index (χ1) is 9.19. The number of thiophene rings is 1. The maximum Gasteiger partial charge on any atom is 0.171 e. The molecule has 3 nitrogen and oxygen atoms in total. The summed E-state index contributed by atoms with van der Waals surface area (Å²) in [4.78, 5) is 11.9. The molecule has 2 aromatic heterocycles. The lowest BCUT2D eigenvalue weighted by atomic mass is 10.3. The van der Waals surface area contributed by atoms with Crippen molar-refractivity contribution in [2.75, 3.05) is 11.9 Å². The zero-order chi connectivity index (χ0) is 13.8. The van der Waals surface area contributed by atoms with E-state index in [1.165, 1.54) is 4.88 Å². The Morgan fingerprint density at radius 3 is 2.53 bits per heavy atom. The van der Waals surface area contributed by atoms with Gasteiger partial charge in [0, 0.05) is 11.4 Å². The van der Waals surface area contributed by atoms with Crippen molar-refractivity contribution in [1.82, 2.24) is 9.97 Å². The van der Waals surface area contributed by atoms with Crippen LogP contribution in [0.15, 0.2) is 12.1 Å². The van der Waals surface area contributed by atoms with Crippen LogP contribution in [-0.4, -0.2) is 16.5 Å². The Labute approximate surface area is 132 Å². The van der Waals surface area contributed by atoms with Gasteiger partial charge in [-0.1, -0.05) is 13.8 Å².